The van der Waals surface area contributed by atoms with Crippen LogP contribution in [0.5, 0.6) is 0 Å². The number of hydrogen-bond acceptors (Lipinski definition) is 4. The zero-order chi connectivity index (χ0) is 21.5. The van der Waals surface area contributed by atoms with E-state index in [2.05, 4.69) is 34.1 Å². The van der Waals surface area contributed by atoms with Crippen LogP contribution in [0.25, 0.3) is 17.2 Å². The number of hydrogen-bond donors (Lipinski definition) is 0. The molecular weight excluding hydrogens is 390 g/mol. The van der Waals surface area contributed by atoms with Crippen molar-refractivity contribution in [1.82, 2.24) is 18.7 Å². The number of rotatable bonds is 4. The van der Waals surface area contributed by atoms with Crippen LogP contribution in [0.15, 0.2) is 70.3 Å². The first-order valence-corrected chi connectivity index (χ1v) is 10.3. The standard InChI is InChI=1S/C24H23N5O2/c1-17-10-12-19(13-11-17)27-15-16-28-20-21(25-23(27)28)26(2)24(31)29(22(20)30)14-6-9-18-7-4-3-5-8-18/h3-13H,14-16H2,1-2H3/b9-6+. The van der Waals surface area contributed by atoms with E-state index in [0.29, 0.717) is 23.7 Å². The molecule has 7 nitrogen and oxygen atoms in total. The Morgan fingerprint density at radius 3 is 2.48 bits per heavy atom. The summed E-state index contributed by atoms with van der Waals surface area (Å²) in [4.78, 5) is 33.0. The highest BCUT2D eigenvalue weighted by Gasteiger charge is 2.28. The third-order valence-corrected chi connectivity index (χ3v) is 5.74. The first-order valence-electron chi connectivity index (χ1n) is 10.3. The Kier molecular flexibility index (Phi) is 4.58. The summed E-state index contributed by atoms with van der Waals surface area (Å²) in [6, 6.07) is 18.0. The minimum atomic E-state index is -0.367. The highest BCUT2D eigenvalue weighted by atomic mass is 16.2. The van der Waals surface area contributed by atoms with Crippen molar-refractivity contribution in [3.63, 3.8) is 0 Å². The quantitative estimate of drug-likeness (QED) is 0.516. The monoisotopic (exact) mass is 413 g/mol. The summed E-state index contributed by atoms with van der Waals surface area (Å²) in [5.41, 5.74) is 3.45. The van der Waals surface area contributed by atoms with Gasteiger partial charge in [0.2, 0.25) is 5.95 Å². The molecule has 3 heterocycles. The number of fused-ring (bicyclic) bond motifs is 3. The molecule has 0 saturated heterocycles. The van der Waals surface area contributed by atoms with E-state index in [4.69, 9.17) is 0 Å². The molecule has 0 saturated carbocycles. The van der Waals surface area contributed by atoms with E-state index in [0.717, 1.165) is 17.8 Å². The maximum atomic E-state index is 13.3. The molecule has 4 aromatic rings. The van der Waals surface area contributed by atoms with Crippen molar-refractivity contribution in [3.05, 3.63) is 92.6 Å². The number of nitrogens with zero attached hydrogens (tertiary/aromatic N) is 5. The van der Waals surface area contributed by atoms with Crippen molar-refractivity contribution in [3.8, 4) is 0 Å². The Morgan fingerprint density at radius 1 is 1.00 bits per heavy atom. The van der Waals surface area contributed by atoms with Gasteiger partial charge < -0.3 is 9.47 Å². The van der Waals surface area contributed by atoms with Gasteiger partial charge in [0.15, 0.2) is 11.2 Å². The second-order valence-corrected chi connectivity index (χ2v) is 7.79. The van der Waals surface area contributed by atoms with Crippen molar-refractivity contribution in [2.24, 2.45) is 7.05 Å². The zero-order valence-corrected chi connectivity index (χ0v) is 17.5. The normalized spacial score (nSPS) is 13.4. The molecule has 0 atom stereocenters. The summed E-state index contributed by atoms with van der Waals surface area (Å²) >= 11 is 0. The minimum absolute atomic E-state index is 0.207. The highest BCUT2D eigenvalue weighted by molar-refractivity contribution is 5.77. The number of imidazole rings is 1. The van der Waals surface area contributed by atoms with Crippen LogP contribution >= 0.6 is 0 Å². The van der Waals surface area contributed by atoms with E-state index in [1.54, 1.807) is 7.05 Å². The lowest BCUT2D eigenvalue weighted by atomic mass is 10.2. The Morgan fingerprint density at radius 2 is 1.74 bits per heavy atom. The van der Waals surface area contributed by atoms with Gasteiger partial charge in [-0.3, -0.25) is 13.9 Å². The zero-order valence-electron chi connectivity index (χ0n) is 17.5. The molecule has 2 aromatic heterocycles. The van der Waals surface area contributed by atoms with Crippen LogP contribution in [0.3, 0.4) is 0 Å². The van der Waals surface area contributed by atoms with Gasteiger partial charge in [-0.05, 0) is 24.6 Å². The van der Waals surface area contributed by atoms with Crippen molar-refractivity contribution >= 4 is 28.9 Å². The molecule has 0 N–H and O–H groups in total. The fraction of sp³-hybridized carbons (Fsp3) is 0.208. The fourth-order valence-electron chi connectivity index (χ4n) is 4.07. The van der Waals surface area contributed by atoms with Crippen LogP contribution in [0, 0.1) is 6.92 Å². The molecule has 0 aliphatic carbocycles. The topological polar surface area (TPSA) is 65.1 Å². The van der Waals surface area contributed by atoms with Gasteiger partial charge in [0.1, 0.15) is 0 Å². The molecule has 1 aliphatic rings. The van der Waals surface area contributed by atoms with Crippen LogP contribution in [-0.2, 0) is 20.1 Å². The van der Waals surface area contributed by atoms with Gasteiger partial charge in [-0.15, -0.1) is 0 Å². The Hall–Kier alpha value is -3.87. The number of aryl methyl sites for hydroxylation is 2. The van der Waals surface area contributed by atoms with Crippen LogP contribution in [-0.4, -0.2) is 25.2 Å². The first kappa shape index (κ1) is 19.1. The van der Waals surface area contributed by atoms with Gasteiger partial charge in [0.25, 0.3) is 5.56 Å². The van der Waals surface area contributed by atoms with Crippen molar-refractivity contribution < 1.29 is 0 Å². The van der Waals surface area contributed by atoms with Gasteiger partial charge in [0.05, 0.1) is 0 Å². The maximum absolute atomic E-state index is 13.3. The third kappa shape index (κ3) is 3.18. The predicted molar refractivity (Wildman–Crippen MR) is 123 cm³/mol. The molecule has 0 bridgehead atoms. The summed E-state index contributed by atoms with van der Waals surface area (Å²) in [7, 11) is 1.67. The smallest absolute Gasteiger partial charge is 0.310 e. The van der Waals surface area contributed by atoms with Gasteiger partial charge in [-0.2, -0.15) is 4.98 Å². The third-order valence-electron chi connectivity index (χ3n) is 5.74. The second-order valence-electron chi connectivity index (χ2n) is 7.79. The number of aromatic nitrogens is 4. The molecule has 31 heavy (non-hydrogen) atoms. The van der Waals surface area contributed by atoms with Crippen molar-refractivity contribution in [2.75, 3.05) is 11.4 Å². The average Bonchev–Trinajstić information content (AvgIpc) is 3.35. The molecule has 0 amide bonds. The first-order chi connectivity index (χ1) is 15.0. The average molecular weight is 413 g/mol. The van der Waals surface area contributed by atoms with Gasteiger partial charge in [0, 0.05) is 32.4 Å². The molecule has 156 valence electrons. The van der Waals surface area contributed by atoms with E-state index in [-0.39, 0.29) is 17.8 Å². The van der Waals surface area contributed by atoms with Crippen LogP contribution < -0.4 is 16.1 Å². The van der Waals surface area contributed by atoms with E-state index in [1.807, 2.05) is 54.0 Å². The Labute approximate surface area is 179 Å². The summed E-state index contributed by atoms with van der Waals surface area (Å²) in [6.45, 7) is 3.64. The summed E-state index contributed by atoms with van der Waals surface area (Å²) < 4.78 is 4.66. The Bertz CT molecular complexity index is 1410. The molecule has 2 aromatic carbocycles. The molecule has 7 heteroatoms. The van der Waals surface area contributed by atoms with Gasteiger partial charge in [-0.1, -0.05) is 60.2 Å². The van der Waals surface area contributed by atoms with Gasteiger partial charge >= 0.3 is 5.69 Å². The fourth-order valence-corrected chi connectivity index (χ4v) is 4.07. The molecule has 1 aliphatic heterocycles. The van der Waals surface area contributed by atoms with E-state index in [9.17, 15) is 9.59 Å². The number of anilines is 2. The largest absolute Gasteiger partial charge is 0.332 e. The highest BCUT2D eigenvalue weighted by Crippen LogP contribution is 2.31. The molecule has 5 rings (SSSR count). The predicted octanol–water partition coefficient (Wildman–Crippen LogP) is 3.07. The van der Waals surface area contributed by atoms with E-state index >= 15 is 0 Å². The SMILES string of the molecule is Cc1ccc(N2CCn3c2nc2c3c(=O)n(C/C=C/c3ccccc3)c(=O)n2C)cc1. The molecule has 0 unspecified atom stereocenters. The maximum Gasteiger partial charge on any atom is 0.332 e. The van der Waals surface area contributed by atoms with Crippen LogP contribution in [0.2, 0.25) is 0 Å². The summed E-state index contributed by atoms with van der Waals surface area (Å²) in [5, 5.41) is 0. The molecule has 0 radical (unpaired) electrons. The molecule has 0 spiro atoms. The summed E-state index contributed by atoms with van der Waals surface area (Å²) in [6.07, 6.45) is 3.75. The minimum Gasteiger partial charge on any atom is -0.310 e. The number of benzene rings is 2. The van der Waals surface area contributed by atoms with E-state index in [1.165, 1.54) is 14.7 Å². The van der Waals surface area contributed by atoms with Crippen LogP contribution in [0.1, 0.15) is 11.1 Å². The molecule has 0 fully saturated rings. The number of allylic oxidation sites excluding steroid dienone is 1. The van der Waals surface area contributed by atoms with Crippen molar-refractivity contribution in [1.29, 1.82) is 0 Å². The van der Waals surface area contributed by atoms with E-state index < -0.39 is 0 Å². The summed E-state index contributed by atoms with van der Waals surface area (Å²) in [5.74, 6) is 0.698. The lowest BCUT2D eigenvalue weighted by Gasteiger charge is -2.16. The Balaban J connectivity index is 1.58. The second kappa shape index (κ2) is 7.43. The molecular formula is C24H23N5O2. The van der Waals surface area contributed by atoms with Crippen molar-refractivity contribution in [2.45, 2.75) is 20.0 Å². The lowest BCUT2D eigenvalue weighted by molar-refractivity contribution is 0.663. The van der Waals surface area contributed by atoms with Gasteiger partial charge in [-0.25, -0.2) is 4.79 Å². The van der Waals surface area contributed by atoms with Crippen LogP contribution in [0.4, 0.5) is 11.6 Å². The lowest BCUT2D eigenvalue weighted by Crippen LogP contribution is -2.39.